The lowest BCUT2D eigenvalue weighted by atomic mass is 9.93. The first-order chi connectivity index (χ1) is 17.1. The number of primary sulfonamides is 1. The Labute approximate surface area is 211 Å². The van der Waals surface area contributed by atoms with E-state index < -0.39 is 10.0 Å². The van der Waals surface area contributed by atoms with Crippen LogP contribution in [-0.2, 0) is 16.4 Å². The third-order valence-electron chi connectivity index (χ3n) is 6.46. The van der Waals surface area contributed by atoms with E-state index in [9.17, 15) is 13.2 Å². The quantitative estimate of drug-likeness (QED) is 0.393. The van der Waals surface area contributed by atoms with E-state index in [1.807, 2.05) is 55.5 Å². The van der Waals surface area contributed by atoms with Crippen LogP contribution in [0.1, 0.15) is 47.3 Å². The topological polar surface area (TPSA) is 111 Å². The van der Waals surface area contributed by atoms with E-state index in [-0.39, 0.29) is 28.6 Å². The van der Waals surface area contributed by atoms with E-state index in [0.29, 0.717) is 17.9 Å². The van der Waals surface area contributed by atoms with Crippen LogP contribution in [0.5, 0.6) is 0 Å². The Kier molecular flexibility index (Phi) is 7.32. The first kappa shape index (κ1) is 25.3. The molecule has 3 aromatic carbocycles. The van der Waals surface area contributed by atoms with Crippen molar-refractivity contribution in [2.24, 2.45) is 5.14 Å². The zero-order chi connectivity index (χ0) is 25.9. The van der Waals surface area contributed by atoms with Crippen LogP contribution in [0.3, 0.4) is 0 Å². The molecule has 4 rings (SSSR count). The molecule has 0 aliphatic heterocycles. The van der Waals surface area contributed by atoms with Crippen molar-refractivity contribution in [2.45, 2.75) is 37.1 Å². The van der Waals surface area contributed by atoms with Gasteiger partial charge in [0.1, 0.15) is 5.82 Å². The number of benzene rings is 3. The number of likely N-dealkylation sites (N-methyl/N-ethyl adjacent to an activating group) is 1. The minimum Gasteiger partial charge on any atom is -0.336 e. The van der Waals surface area contributed by atoms with Crippen LogP contribution in [-0.4, -0.2) is 47.1 Å². The predicted octanol–water partition coefficient (Wildman–Crippen LogP) is 3.77. The number of nitrogens with zero attached hydrogens (tertiary/aromatic N) is 4. The van der Waals surface area contributed by atoms with Crippen molar-refractivity contribution in [3.63, 3.8) is 0 Å². The van der Waals surface area contributed by atoms with Crippen molar-refractivity contribution < 1.29 is 13.2 Å². The van der Waals surface area contributed by atoms with Crippen LogP contribution in [0.2, 0.25) is 0 Å². The Morgan fingerprint density at radius 1 is 0.944 bits per heavy atom. The van der Waals surface area contributed by atoms with Crippen molar-refractivity contribution in [3.05, 3.63) is 108 Å². The number of hydrogen-bond acceptors (Lipinski definition) is 5. The van der Waals surface area contributed by atoms with Crippen molar-refractivity contribution in [1.82, 2.24) is 19.7 Å². The third-order valence-corrected chi connectivity index (χ3v) is 7.39. The summed E-state index contributed by atoms with van der Waals surface area (Å²) >= 11 is 0. The molecule has 0 radical (unpaired) electrons. The van der Waals surface area contributed by atoms with Gasteiger partial charge in [-0.25, -0.2) is 23.2 Å². The highest BCUT2D eigenvalue weighted by atomic mass is 32.2. The number of amides is 1. The van der Waals surface area contributed by atoms with E-state index in [1.54, 1.807) is 28.8 Å². The Balaban J connectivity index is 1.67. The predicted molar refractivity (Wildman–Crippen MR) is 138 cm³/mol. The Morgan fingerprint density at radius 2 is 1.53 bits per heavy atom. The maximum Gasteiger partial charge on any atom is 0.293 e. The molecule has 0 fully saturated rings. The molecule has 0 spiro atoms. The van der Waals surface area contributed by atoms with E-state index in [1.165, 1.54) is 12.1 Å². The first-order valence-corrected chi connectivity index (χ1v) is 13.1. The number of rotatable bonds is 8. The highest BCUT2D eigenvalue weighted by Gasteiger charge is 2.27. The normalized spacial score (nSPS) is 13.2. The van der Waals surface area contributed by atoms with Gasteiger partial charge in [-0.2, -0.15) is 0 Å². The standard InChI is InChI=1S/C27H29N5O3S/c1-19(22-12-8-5-9-13-22)20(2)31(3)27(33)26-29-25(18-21-10-6-4-7-11-21)32(30-26)23-14-16-24(17-15-23)36(28,34)35/h4-17,19-20H,18H2,1-3H3,(H2,28,34,35)/t19-,20+/m1/s1. The molecule has 36 heavy (non-hydrogen) atoms. The smallest absolute Gasteiger partial charge is 0.293 e. The van der Waals surface area contributed by atoms with Gasteiger partial charge in [-0.3, -0.25) is 4.79 Å². The van der Waals surface area contributed by atoms with Gasteiger partial charge >= 0.3 is 0 Å². The fourth-order valence-corrected chi connectivity index (χ4v) is 4.54. The zero-order valence-corrected chi connectivity index (χ0v) is 21.3. The molecule has 2 atom stereocenters. The largest absolute Gasteiger partial charge is 0.336 e. The molecule has 0 aliphatic rings. The summed E-state index contributed by atoms with van der Waals surface area (Å²) in [5.74, 6) is 0.451. The fraction of sp³-hybridized carbons (Fsp3) is 0.222. The summed E-state index contributed by atoms with van der Waals surface area (Å²) in [6, 6.07) is 25.7. The number of hydrogen-bond donors (Lipinski definition) is 1. The molecule has 0 saturated carbocycles. The van der Waals surface area contributed by atoms with E-state index in [2.05, 4.69) is 29.1 Å². The summed E-state index contributed by atoms with van der Waals surface area (Å²) in [6.45, 7) is 4.09. The SMILES string of the molecule is C[C@@H](c1ccccc1)[C@H](C)N(C)C(=O)c1nc(Cc2ccccc2)n(-c2ccc(S(N)(=O)=O)cc2)n1. The Morgan fingerprint density at radius 3 is 2.11 bits per heavy atom. The second-order valence-corrected chi connectivity index (χ2v) is 10.4. The van der Waals surface area contributed by atoms with Crippen molar-refractivity contribution in [2.75, 3.05) is 7.05 Å². The number of carbonyl (C=O) groups is 1. The number of sulfonamides is 1. The molecule has 0 unspecified atom stereocenters. The second-order valence-electron chi connectivity index (χ2n) is 8.82. The molecule has 1 heterocycles. The number of nitrogens with two attached hydrogens (primary N) is 1. The van der Waals surface area contributed by atoms with Crippen LogP contribution < -0.4 is 5.14 Å². The maximum atomic E-state index is 13.4. The van der Waals surface area contributed by atoms with Crippen molar-refractivity contribution >= 4 is 15.9 Å². The van der Waals surface area contributed by atoms with Crippen LogP contribution in [0.25, 0.3) is 5.69 Å². The molecule has 0 saturated heterocycles. The van der Waals surface area contributed by atoms with Gasteiger partial charge in [-0.1, -0.05) is 67.6 Å². The first-order valence-electron chi connectivity index (χ1n) is 11.6. The molecule has 1 aromatic heterocycles. The molecule has 186 valence electrons. The summed E-state index contributed by atoms with van der Waals surface area (Å²) in [5, 5.41) is 9.77. The van der Waals surface area contributed by atoms with Gasteiger partial charge in [0, 0.05) is 25.4 Å². The van der Waals surface area contributed by atoms with Gasteiger partial charge in [0.15, 0.2) is 0 Å². The number of carbonyl (C=O) groups excluding carboxylic acids is 1. The molecular formula is C27H29N5O3S. The van der Waals surface area contributed by atoms with Crippen LogP contribution >= 0.6 is 0 Å². The highest BCUT2D eigenvalue weighted by Crippen LogP contribution is 2.23. The molecule has 2 N–H and O–H groups in total. The lowest BCUT2D eigenvalue weighted by Gasteiger charge is -2.29. The lowest BCUT2D eigenvalue weighted by Crippen LogP contribution is -2.38. The average molecular weight is 504 g/mol. The monoisotopic (exact) mass is 503 g/mol. The van der Waals surface area contributed by atoms with Crippen LogP contribution in [0, 0.1) is 0 Å². The third kappa shape index (κ3) is 5.53. The highest BCUT2D eigenvalue weighted by molar-refractivity contribution is 7.89. The summed E-state index contributed by atoms with van der Waals surface area (Å²) < 4.78 is 24.9. The molecular weight excluding hydrogens is 474 g/mol. The Bertz CT molecular complexity index is 1440. The van der Waals surface area contributed by atoms with Gasteiger partial charge < -0.3 is 4.90 Å². The van der Waals surface area contributed by atoms with E-state index >= 15 is 0 Å². The van der Waals surface area contributed by atoms with Gasteiger partial charge in [0.2, 0.25) is 15.8 Å². The summed E-state index contributed by atoms with van der Waals surface area (Å²) in [6.07, 6.45) is 0.442. The molecule has 9 heteroatoms. The molecule has 4 aromatic rings. The maximum absolute atomic E-state index is 13.4. The average Bonchev–Trinajstić information content (AvgIpc) is 3.31. The Hall–Kier alpha value is -3.82. The zero-order valence-electron chi connectivity index (χ0n) is 20.4. The van der Waals surface area contributed by atoms with E-state index in [0.717, 1.165) is 11.1 Å². The fourth-order valence-electron chi connectivity index (χ4n) is 4.02. The number of aromatic nitrogens is 3. The van der Waals surface area contributed by atoms with Gasteiger partial charge in [-0.05, 0) is 42.3 Å². The molecule has 0 bridgehead atoms. The van der Waals surface area contributed by atoms with Gasteiger partial charge in [0.05, 0.1) is 10.6 Å². The summed E-state index contributed by atoms with van der Waals surface area (Å²) in [4.78, 5) is 19.7. The van der Waals surface area contributed by atoms with Crippen LogP contribution in [0.4, 0.5) is 0 Å². The van der Waals surface area contributed by atoms with Crippen molar-refractivity contribution in [3.8, 4) is 5.69 Å². The lowest BCUT2D eigenvalue weighted by molar-refractivity contribution is 0.0714. The molecule has 8 nitrogen and oxygen atoms in total. The van der Waals surface area contributed by atoms with Crippen molar-refractivity contribution in [1.29, 1.82) is 0 Å². The molecule has 0 aliphatic carbocycles. The van der Waals surface area contributed by atoms with Crippen LogP contribution in [0.15, 0.2) is 89.8 Å². The van der Waals surface area contributed by atoms with Gasteiger partial charge in [-0.15, -0.1) is 5.10 Å². The van der Waals surface area contributed by atoms with Gasteiger partial charge in [0.25, 0.3) is 5.91 Å². The van der Waals surface area contributed by atoms with E-state index in [4.69, 9.17) is 5.14 Å². The summed E-state index contributed by atoms with van der Waals surface area (Å²) in [7, 11) is -2.07. The summed E-state index contributed by atoms with van der Waals surface area (Å²) in [5.41, 5.74) is 2.72. The minimum absolute atomic E-state index is 0.00395. The molecule has 1 amide bonds. The second kappa shape index (κ2) is 10.4. The minimum atomic E-state index is -3.83.